The molecule has 0 atom stereocenters. The lowest BCUT2D eigenvalue weighted by Crippen LogP contribution is -2.41. The Morgan fingerprint density at radius 2 is 2.24 bits per heavy atom. The minimum Gasteiger partial charge on any atom is -0.395 e. The third-order valence-corrected chi connectivity index (χ3v) is 4.03. The topological polar surface area (TPSA) is 78.6 Å². The molecule has 1 aliphatic carbocycles. The summed E-state index contributed by atoms with van der Waals surface area (Å²) in [6.45, 7) is 3.93. The van der Waals surface area contributed by atoms with E-state index in [0.717, 1.165) is 18.4 Å². The van der Waals surface area contributed by atoms with E-state index >= 15 is 0 Å². The number of hydrogen-bond acceptors (Lipinski definition) is 5. The smallest absolute Gasteiger partial charge is 0.292 e. The lowest BCUT2D eigenvalue weighted by Gasteiger charge is -2.37. The molecule has 2 N–H and O–H groups in total. The summed E-state index contributed by atoms with van der Waals surface area (Å²) in [6.07, 6.45) is 3.51. The molecule has 0 bridgehead atoms. The molecule has 6 nitrogen and oxygen atoms in total. The van der Waals surface area contributed by atoms with Crippen LogP contribution in [0.25, 0.3) is 0 Å². The van der Waals surface area contributed by atoms with Crippen molar-refractivity contribution in [3.63, 3.8) is 0 Å². The van der Waals surface area contributed by atoms with Crippen LogP contribution < -0.4 is 5.32 Å². The number of aliphatic hydroxyl groups is 1. The molecule has 0 unspecified atom stereocenters. The van der Waals surface area contributed by atoms with Crippen LogP contribution in [0.3, 0.4) is 0 Å². The first-order chi connectivity index (χ1) is 10.2. The first-order valence-electron chi connectivity index (χ1n) is 7.52. The van der Waals surface area contributed by atoms with Gasteiger partial charge in [0.15, 0.2) is 0 Å². The van der Waals surface area contributed by atoms with Crippen molar-refractivity contribution in [3.8, 4) is 0 Å². The fourth-order valence-electron chi connectivity index (χ4n) is 2.74. The lowest BCUT2D eigenvalue weighted by molar-refractivity contribution is -0.384. The Morgan fingerprint density at radius 3 is 2.76 bits per heavy atom. The number of rotatable bonds is 8. The molecule has 0 spiro atoms. The molecule has 1 fully saturated rings. The molecule has 116 valence electrons. The maximum Gasteiger partial charge on any atom is 0.292 e. The first-order valence-corrected chi connectivity index (χ1v) is 7.52. The number of benzene rings is 1. The fraction of sp³-hybridized carbons (Fsp3) is 0.600. The molecule has 0 aromatic heterocycles. The number of para-hydroxylation sites is 1. The van der Waals surface area contributed by atoms with Gasteiger partial charge < -0.3 is 10.4 Å². The van der Waals surface area contributed by atoms with Crippen molar-refractivity contribution in [3.05, 3.63) is 33.9 Å². The van der Waals surface area contributed by atoms with E-state index in [1.165, 1.54) is 12.5 Å². The third kappa shape index (κ3) is 3.71. The van der Waals surface area contributed by atoms with Gasteiger partial charge in [-0.05, 0) is 25.3 Å². The maximum atomic E-state index is 11.2. The Hall–Kier alpha value is -1.66. The van der Waals surface area contributed by atoms with Gasteiger partial charge in [0.2, 0.25) is 0 Å². The predicted octanol–water partition coefficient (Wildman–Crippen LogP) is 2.37. The molecule has 1 aromatic rings. The molecule has 0 saturated heterocycles. The molecular formula is C15H23N3O3. The summed E-state index contributed by atoms with van der Waals surface area (Å²) in [5.74, 6) is 0. The average molecular weight is 293 g/mol. The van der Waals surface area contributed by atoms with Gasteiger partial charge in [-0.15, -0.1) is 0 Å². The third-order valence-electron chi connectivity index (χ3n) is 4.03. The highest BCUT2D eigenvalue weighted by Crippen LogP contribution is 2.32. The highest BCUT2D eigenvalue weighted by atomic mass is 16.6. The average Bonchev–Trinajstić information content (AvgIpc) is 2.39. The Morgan fingerprint density at radius 1 is 1.48 bits per heavy atom. The summed E-state index contributed by atoms with van der Waals surface area (Å²) in [6, 6.07) is 5.67. The summed E-state index contributed by atoms with van der Waals surface area (Å²) in [5.41, 5.74) is 1.64. The Labute approximate surface area is 124 Å². The van der Waals surface area contributed by atoms with Crippen molar-refractivity contribution in [2.75, 3.05) is 25.0 Å². The quantitative estimate of drug-likeness (QED) is 0.568. The second-order valence-corrected chi connectivity index (χ2v) is 5.38. The van der Waals surface area contributed by atoms with Gasteiger partial charge in [0, 0.05) is 31.7 Å². The largest absolute Gasteiger partial charge is 0.395 e. The molecule has 0 radical (unpaired) electrons. The predicted molar refractivity (Wildman–Crippen MR) is 82.4 cm³/mol. The molecule has 0 amide bonds. The summed E-state index contributed by atoms with van der Waals surface area (Å²) >= 11 is 0. The molecule has 2 rings (SSSR count). The monoisotopic (exact) mass is 293 g/mol. The van der Waals surface area contributed by atoms with Crippen molar-refractivity contribution in [2.45, 2.75) is 38.8 Å². The zero-order valence-electron chi connectivity index (χ0n) is 12.4. The van der Waals surface area contributed by atoms with E-state index in [2.05, 4.69) is 10.2 Å². The maximum absolute atomic E-state index is 11.2. The van der Waals surface area contributed by atoms with Crippen LogP contribution in [0, 0.1) is 10.1 Å². The van der Waals surface area contributed by atoms with Crippen LogP contribution >= 0.6 is 0 Å². The normalized spacial score (nSPS) is 15.0. The van der Waals surface area contributed by atoms with Crippen LogP contribution in [0.15, 0.2) is 18.2 Å². The van der Waals surface area contributed by atoms with E-state index in [9.17, 15) is 15.2 Å². The number of hydrogen-bond donors (Lipinski definition) is 2. The van der Waals surface area contributed by atoms with Crippen LogP contribution in [0.4, 0.5) is 11.4 Å². The van der Waals surface area contributed by atoms with E-state index in [-0.39, 0.29) is 17.2 Å². The highest BCUT2D eigenvalue weighted by molar-refractivity contribution is 5.66. The van der Waals surface area contributed by atoms with Crippen LogP contribution in [0.1, 0.15) is 31.7 Å². The standard InChI is InChI=1S/C15H23N3O3/c1-2-16-15-12(5-3-8-14(15)18(20)21)11-17(9-10-19)13-6-4-7-13/h3,5,8,13,16,19H,2,4,6-7,9-11H2,1H3. The van der Waals surface area contributed by atoms with Gasteiger partial charge in [-0.1, -0.05) is 18.6 Å². The van der Waals surface area contributed by atoms with Crippen LogP contribution in [-0.2, 0) is 6.54 Å². The van der Waals surface area contributed by atoms with Gasteiger partial charge in [-0.3, -0.25) is 15.0 Å². The molecule has 21 heavy (non-hydrogen) atoms. The molecule has 0 heterocycles. The van der Waals surface area contributed by atoms with E-state index in [4.69, 9.17) is 0 Å². The lowest BCUT2D eigenvalue weighted by atomic mass is 9.91. The summed E-state index contributed by atoms with van der Waals surface area (Å²) in [7, 11) is 0. The fourth-order valence-corrected chi connectivity index (χ4v) is 2.74. The van der Waals surface area contributed by atoms with Gasteiger partial charge in [0.1, 0.15) is 5.69 Å². The number of aliphatic hydroxyl groups excluding tert-OH is 1. The molecule has 1 aromatic carbocycles. The molecule has 6 heteroatoms. The number of nitrogens with one attached hydrogen (secondary N) is 1. The second kappa shape index (κ2) is 7.38. The molecule has 1 aliphatic rings. The van der Waals surface area contributed by atoms with E-state index < -0.39 is 0 Å². The van der Waals surface area contributed by atoms with Crippen molar-refractivity contribution in [1.82, 2.24) is 4.90 Å². The minimum absolute atomic E-state index is 0.113. The van der Waals surface area contributed by atoms with E-state index in [1.807, 2.05) is 13.0 Å². The van der Waals surface area contributed by atoms with Gasteiger partial charge >= 0.3 is 0 Å². The molecule has 1 saturated carbocycles. The van der Waals surface area contributed by atoms with Gasteiger partial charge in [0.05, 0.1) is 11.5 Å². The van der Waals surface area contributed by atoms with Gasteiger partial charge in [-0.2, -0.15) is 0 Å². The number of nitrogens with zero attached hydrogens (tertiary/aromatic N) is 2. The highest BCUT2D eigenvalue weighted by Gasteiger charge is 2.26. The SMILES string of the molecule is CCNc1c(CN(CCO)C2CCC2)cccc1[N+](=O)[O-]. The summed E-state index contributed by atoms with van der Waals surface area (Å²) in [5, 5.41) is 23.5. The summed E-state index contributed by atoms with van der Waals surface area (Å²) < 4.78 is 0. The van der Waals surface area contributed by atoms with Crippen LogP contribution in [-0.4, -0.2) is 40.7 Å². The van der Waals surface area contributed by atoms with E-state index in [1.54, 1.807) is 6.07 Å². The van der Waals surface area contributed by atoms with E-state index in [0.29, 0.717) is 31.4 Å². The Bertz CT molecular complexity index is 489. The number of nitro benzene ring substituents is 1. The Balaban J connectivity index is 2.24. The van der Waals surface area contributed by atoms with Crippen molar-refractivity contribution in [1.29, 1.82) is 0 Å². The van der Waals surface area contributed by atoms with Crippen molar-refractivity contribution >= 4 is 11.4 Å². The zero-order valence-corrected chi connectivity index (χ0v) is 12.4. The number of nitro groups is 1. The van der Waals surface area contributed by atoms with Gasteiger partial charge in [-0.25, -0.2) is 0 Å². The molecular weight excluding hydrogens is 270 g/mol. The van der Waals surface area contributed by atoms with Crippen molar-refractivity contribution in [2.24, 2.45) is 0 Å². The Kier molecular flexibility index (Phi) is 5.52. The minimum atomic E-state index is -0.346. The van der Waals surface area contributed by atoms with Crippen LogP contribution in [0.2, 0.25) is 0 Å². The number of anilines is 1. The second-order valence-electron chi connectivity index (χ2n) is 5.38. The summed E-state index contributed by atoms with van der Waals surface area (Å²) in [4.78, 5) is 13.1. The van der Waals surface area contributed by atoms with Gasteiger partial charge in [0.25, 0.3) is 5.69 Å². The zero-order chi connectivity index (χ0) is 15.2. The molecule has 0 aliphatic heterocycles. The van der Waals surface area contributed by atoms with Crippen molar-refractivity contribution < 1.29 is 10.0 Å². The first kappa shape index (κ1) is 15.7. The van der Waals surface area contributed by atoms with Crippen LogP contribution in [0.5, 0.6) is 0 Å².